The van der Waals surface area contributed by atoms with Gasteiger partial charge in [0.1, 0.15) is 5.65 Å². The molecule has 0 saturated carbocycles. The number of pyridine rings is 1. The molecule has 0 spiro atoms. The molecule has 0 atom stereocenters. The summed E-state index contributed by atoms with van der Waals surface area (Å²) in [7, 11) is 0. The molecule has 0 saturated heterocycles. The highest BCUT2D eigenvalue weighted by Crippen LogP contribution is 2.17. The van der Waals surface area contributed by atoms with E-state index in [-0.39, 0.29) is 5.69 Å². The molecule has 3 rings (SSSR count). The first kappa shape index (κ1) is 9.03. The van der Waals surface area contributed by atoms with Crippen LogP contribution < -0.4 is 5.69 Å². The fourth-order valence-electron chi connectivity index (χ4n) is 1.75. The van der Waals surface area contributed by atoms with Gasteiger partial charge in [0, 0.05) is 17.0 Å². The molecule has 16 heavy (non-hydrogen) atoms. The van der Waals surface area contributed by atoms with Crippen molar-refractivity contribution in [2.24, 2.45) is 0 Å². The molecule has 0 amide bonds. The summed E-state index contributed by atoms with van der Waals surface area (Å²) in [5, 5.41) is 1.89. The smallest absolute Gasteiger partial charge is 0.290 e. The number of H-pyrrole nitrogens is 1. The Kier molecular flexibility index (Phi) is 1.77. The molecule has 3 aromatic rings. The van der Waals surface area contributed by atoms with Crippen molar-refractivity contribution < 1.29 is 0 Å². The predicted molar refractivity (Wildman–Crippen MR) is 62.4 cm³/mol. The molecule has 0 aliphatic rings. The maximum absolute atomic E-state index is 11.1. The second kappa shape index (κ2) is 3.13. The minimum atomic E-state index is -0.369. The van der Waals surface area contributed by atoms with Gasteiger partial charge < -0.3 is 0 Å². The molecule has 0 aliphatic carbocycles. The highest BCUT2D eigenvalue weighted by atomic mass is 16.1. The van der Waals surface area contributed by atoms with E-state index in [0.29, 0.717) is 5.65 Å². The van der Waals surface area contributed by atoms with Gasteiger partial charge in [-0.25, -0.2) is 14.8 Å². The van der Waals surface area contributed by atoms with Gasteiger partial charge in [0.2, 0.25) is 0 Å². The summed E-state index contributed by atoms with van der Waals surface area (Å²) in [5.41, 5.74) is 2.25. The number of aromatic nitrogens is 3. The Labute approximate surface area is 91.0 Å². The molecule has 4 nitrogen and oxygen atoms in total. The maximum Gasteiger partial charge on any atom is 0.346 e. The number of nitrogens with one attached hydrogen (secondary N) is 1. The van der Waals surface area contributed by atoms with Crippen molar-refractivity contribution in [3.05, 3.63) is 46.5 Å². The van der Waals surface area contributed by atoms with Gasteiger partial charge in [0.05, 0.1) is 5.52 Å². The summed E-state index contributed by atoms with van der Waals surface area (Å²) in [5.74, 6) is 0. The molecule has 0 radical (unpaired) electrons. The number of hydrogen-bond donors (Lipinski definition) is 1. The lowest BCUT2D eigenvalue weighted by atomic mass is 10.1. The lowest BCUT2D eigenvalue weighted by molar-refractivity contribution is 1.10. The number of benzene rings is 1. The molecule has 0 bridgehead atoms. The molecule has 2 aromatic heterocycles. The van der Waals surface area contributed by atoms with Gasteiger partial charge in [-0.15, -0.1) is 0 Å². The molecule has 2 heterocycles. The summed E-state index contributed by atoms with van der Waals surface area (Å²) >= 11 is 0. The Balaban J connectivity index is 2.49. The number of aromatic amines is 1. The van der Waals surface area contributed by atoms with E-state index in [9.17, 15) is 4.79 Å². The van der Waals surface area contributed by atoms with E-state index in [0.717, 1.165) is 21.9 Å². The number of rotatable bonds is 0. The zero-order chi connectivity index (χ0) is 11.1. The van der Waals surface area contributed by atoms with Crippen LogP contribution in [-0.2, 0) is 0 Å². The number of aryl methyl sites for hydroxylation is 1. The first-order valence-electron chi connectivity index (χ1n) is 4.99. The maximum atomic E-state index is 11.1. The van der Waals surface area contributed by atoms with Crippen LogP contribution in [0.2, 0.25) is 0 Å². The molecule has 78 valence electrons. The molecule has 1 aromatic carbocycles. The van der Waals surface area contributed by atoms with Crippen LogP contribution in [0.3, 0.4) is 0 Å². The average Bonchev–Trinajstić information content (AvgIpc) is 2.26. The third-order valence-corrected chi connectivity index (χ3v) is 2.55. The van der Waals surface area contributed by atoms with E-state index >= 15 is 0 Å². The second-order valence-electron chi connectivity index (χ2n) is 3.81. The zero-order valence-electron chi connectivity index (χ0n) is 8.69. The van der Waals surface area contributed by atoms with Crippen molar-refractivity contribution in [2.45, 2.75) is 6.92 Å². The Morgan fingerprint density at radius 2 is 2.06 bits per heavy atom. The van der Waals surface area contributed by atoms with Crippen LogP contribution in [0.1, 0.15) is 5.56 Å². The molecule has 0 fully saturated rings. The standard InChI is InChI=1S/C12H9N3O/c1-7-2-3-8-5-9-6-13-12(16)15-11(9)14-10(8)4-7/h2-6H,1H3,(H,13,14,15,16). The number of nitrogens with zero attached hydrogens (tertiary/aromatic N) is 2. The van der Waals surface area contributed by atoms with Crippen LogP contribution in [0.5, 0.6) is 0 Å². The molecule has 0 unspecified atom stereocenters. The Morgan fingerprint density at radius 1 is 1.19 bits per heavy atom. The van der Waals surface area contributed by atoms with Crippen molar-refractivity contribution in [1.82, 2.24) is 15.0 Å². The van der Waals surface area contributed by atoms with Gasteiger partial charge in [-0.3, -0.25) is 4.98 Å². The molecular weight excluding hydrogens is 202 g/mol. The highest BCUT2D eigenvalue weighted by Gasteiger charge is 2.00. The van der Waals surface area contributed by atoms with Crippen molar-refractivity contribution in [3.63, 3.8) is 0 Å². The van der Waals surface area contributed by atoms with E-state index in [2.05, 4.69) is 15.0 Å². The van der Waals surface area contributed by atoms with E-state index in [4.69, 9.17) is 0 Å². The van der Waals surface area contributed by atoms with Gasteiger partial charge in [0.25, 0.3) is 0 Å². The third kappa shape index (κ3) is 1.35. The first-order chi connectivity index (χ1) is 7.72. The minimum Gasteiger partial charge on any atom is -0.290 e. The lowest BCUT2D eigenvalue weighted by Gasteiger charge is -2.01. The van der Waals surface area contributed by atoms with Crippen LogP contribution in [0.4, 0.5) is 0 Å². The van der Waals surface area contributed by atoms with Gasteiger partial charge in [-0.2, -0.15) is 0 Å². The fourth-order valence-corrected chi connectivity index (χ4v) is 1.75. The van der Waals surface area contributed by atoms with Gasteiger partial charge in [-0.05, 0) is 24.6 Å². The Bertz CT molecular complexity index is 746. The summed E-state index contributed by atoms with van der Waals surface area (Å²) in [6.45, 7) is 2.01. The van der Waals surface area contributed by atoms with Gasteiger partial charge >= 0.3 is 5.69 Å². The average molecular weight is 211 g/mol. The topological polar surface area (TPSA) is 58.6 Å². The Hall–Kier alpha value is -2.23. The van der Waals surface area contributed by atoms with E-state index in [1.807, 2.05) is 31.2 Å². The number of fused-ring (bicyclic) bond motifs is 2. The largest absolute Gasteiger partial charge is 0.346 e. The number of hydrogen-bond acceptors (Lipinski definition) is 3. The molecule has 0 aliphatic heterocycles. The summed E-state index contributed by atoms with van der Waals surface area (Å²) < 4.78 is 0. The van der Waals surface area contributed by atoms with E-state index < -0.39 is 0 Å². The van der Waals surface area contributed by atoms with Gasteiger partial charge in [-0.1, -0.05) is 12.1 Å². The molecular formula is C12H9N3O. The zero-order valence-corrected chi connectivity index (χ0v) is 8.69. The van der Waals surface area contributed by atoms with E-state index in [1.54, 1.807) is 6.20 Å². The van der Waals surface area contributed by atoms with Crippen LogP contribution >= 0.6 is 0 Å². The van der Waals surface area contributed by atoms with Crippen molar-refractivity contribution in [2.75, 3.05) is 0 Å². The van der Waals surface area contributed by atoms with Gasteiger partial charge in [0.15, 0.2) is 0 Å². The minimum absolute atomic E-state index is 0.369. The van der Waals surface area contributed by atoms with Crippen LogP contribution in [0.25, 0.3) is 21.9 Å². The van der Waals surface area contributed by atoms with Crippen LogP contribution in [0.15, 0.2) is 35.3 Å². The second-order valence-corrected chi connectivity index (χ2v) is 3.81. The summed E-state index contributed by atoms with van der Waals surface area (Å²) in [6.07, 6.45) is 1.54. The SMILES string of the molecule is Cc1ccc2cc3cnc(=O)[nH]c3nc2c1. The predicted octanol–water partition coefficient (Wildman–Crippen LogP) is 1.78. The fraction of sp³-hybridized carbons (Fsp3) is 0.0833. The van der Waals surface area contributed by atoms with E-state index in [1.165, 1.54) is 0 Å². The monoisotopic (exact) mass is 211 g/mol. The van der Waals surface area contributed by atoms with Crippen molar-refractivity contribution in [3.8, 4) is 0 Å². The lowest BCUT2D eigenvalue weighted by Crippen LogP contribution is -2.09. The highest BCUT2D eigenvalue weighted by molar-refractivity contribution is 5.90. The Morgan fingerprint density at radius 3 is 2.94 bits per heavy atom. The summed E-state index contributed by atoms with van der Waals surface area (Å²) in [6, 6.07) is 8.02. The first-order valence-corrected chi connectivity index (χ1v) is 4.99. The summed E-state index contributed by atoms with van der Waals surface area (Å²) in [4.78, 5) is 21.8. The van der Waals surface area contributed by atoms with Crippen molar-refractivity contribution in [1.29, 1.82) is 0 Å². The third-order valence-electron chi connectivity index (χ3n) is 2.55. The quantitative estimate of drug-likeness (QED) is 0.576. The van der Waals surface area contributed by atoms with Crippen LogP contribution in [0, 0.1) is 6.92 Å². The molecule has 1 N–H and O–H groups in total. The normalized spacial score (nSPS) is 11.1. The van der Waals surface area contributed by atoms with Crippen molar-refractivity contribution >= 4 is 21.9 Å². The van der Waals surface area contributed by atoms with Crippen LogP contribution in [-0.4, -0.2) is 15.0 Å². The molecule has 4 heteroatoms.